The van der Waals surface area contributed by atoms with Crippen molar-refractivity contribution in [3.63, 3.8) is 0 Å². The Morgan fingerprint density at radius 1 is 1.57 bits per heavy atom. The molecule has 2 amide bonds. The molecule has 3 N–H and O–H groups in total. The summed E-state index contributed by atoms with van der Waals surface area (Å²) in [6.45, 7) is 9.17. The lowest BCUT2D eigenvalue weighted by atomic mass is 9.89. The molecule has 0 bridgehead atoms. The summed E-state index contributed by atoms with van der Waals surface area (Å²) < 4.78 is 0. The minimum Gasteiger partial charge on any atom is -0.331 e. The molecule has 1 unspecified atom stereocenters. The topological polar surface area (TPSA) is 58.4 Å². The van der Waals surface area contributed by atoms with Crippen LogP contribution in [0.1, 0.15) is 27.7 Å². The minimum atomic E-state index is -0.319. The zero-order valence-electron chi connectivity index (χ0n) is 9.92. The van der Waals surface area contributed by atoms with Crippen molar-refractivity contribution < 1.29 is 4.79 Å². The van der Waals surface area contributed by atoms with Gasteiger partial charge in [-0.05, 0) is 19.8 Å². The molecule has 0 aromatic carbocycles. The minimum absolute atomic E-state index is 0.0610. The first kappa shape index (κ1) is 13.2. The van der Waals surface area contributed by atoms with Gasteiger partial charge in [0.1, 0.15) is 0 Å². The second-order valence-corrected chi connectivity index (χ2v) is 4.22. The number of nitrogens with two attached hydrogens (primary N) is 1. The molecule has 84 valence electrons. The second-order valence-electron chi connectivity index (χ2n) is 4.22. The smallest absolute Gasteiger partial charge is 0.317 e. The van der Waals surface area contributed by atoms with Crippen LogP contribution in [0.3, 0.4) is 0 Å². The van der Waals surface area contributed by atoms with Crippen LogP contribution in [0, 0.1) is 5.92 Å². The van der Waals surface area contributed by atoms with Gasteiger partial charge in [0.25, 0.3) is 0 Å². The number of urea groups is 1. The first-order chi connectivity index (χ1) is 6.37. The Hall–Kier alpha value is -0.770. The number of hydrogen-bond acceptors (Lipinski definition) is 2. The third-order valence-corrected chi connectivity index (χ3v) is 2.91. The maximum absolute atomic E-state index is 11.6. The lowest BCUT2D eigenvalue weighted by Crippen LogP contribution is -2.57. The molecule has 0 heterocycles. The Labute approximate surface area is 86.8 Å². The molecule has 0 saturated carbocycles. The van der Waals surface area contributed by atoms with Gasteiger partial charge in [0, 0.05) is 20.1 Å². The monoisotopic (exact) mass is 201 g/mol. The van der Waals surface area contributed by atoms with Crippen molar-refractivity contribution in [3.05, 3.63) is 0 Å². The van der Waals surface area contributed by atoms with Crippen molar-refractivity contribution in [2.75, 3.05) is 20.1 Å². The first-order valence-corrected chi connectivity index (χ1v) is 5.10. The average Bonchev–Trinajstić information content (AvgIpc) is 2.15. The molecule has 0 rings (SSSR count). The van der Waals surface area contributed by atoms with Gasteiger partial charge in [-0.1, -0.05) is 13.8 Å². The van der Waals surface area contributed by atoms with E-state index in [1.54, 1.807) is 11.9 Å². The average molecular weight is 201 g/mol. The largest absolute Gasteiger partial charge is 0.331 e. The molecule has 0 aliphatic heterocycles. The van der Waals surface area contributed by atoms with Crippen LogP contribution in [0.5, 0.6) is 0 Å². The summed E-state index contributed by atoms with van der Waals surface area (Å²) in [5.41, 5.74) is 5.35. The van der Waals surface area contributed by atoms with Gasteiger partial charge in [0.05, 0.1) is 5.54 Å². The van der Waals surface area contributed by atoms with Gasteiger partial charge in [0.15, 0.2) is 0 Å². The number of nitrogens with zero attached hydrogens (tertiary/aromatic N) is 1. The molecule has 0 saturated heterocycles. The quantitative estimate of drug-likeness (QED) is 0.713. The van der Waals surface area contributed by atoms with Crippen LogP contribution in [0.2, 0.25) is 0 Å². The van der Waals surface area contributed by atoms with Crippen LogP contribution in [-0.4, -0.2) is 36.6 Å². The third-order valence-electron chi connectivity index (χ3n) is 2.91. The van der Waals surface area contributed by atoms with Gasteiger partial charge in [-0.2, -0.15) is 0 Å². The highest BCUT2D eigenvalue weighted by molar-refractivity contribution is 5.74. The fourth-order valence-electron chi connectivity index (χ4n) is 0.914. The van der Waals surface area contributed by atoms with Crippen molar-refractivity contribution in [3.8, 4) is 0 Å². The molecule has 0 aliphatic rings. The predicted octanol–water partition coefficient (Wildman–Crippen LogP) is 1.02. The van der Waals surface area contributed by atoms with E-state index in [-0.39, 0.29) is 11.6 Å². The van der Waals surface area contributed by atoms with E-state index in [9.17, 15) is 4.79 Å². The number of nitrogens with one attached hydrogen (secondary N) is 1. The molecule has 0 radical (unpaired) electrons. The fraction of sp³-hybridized carbons (Fsp3) is 0.900. The van der Waals surface area contributed by atoms with Crippen molar-refractivity contribution in [2.24, 2.45) is 11.7 Å². The molecule has 4 nitrogen and oxygen atoms in total. The Kier molecular flexibility index (Phi) is 4.91. The lowest BCUT2D eigenvalue weighted by Gasteiger charge is -2.35. The van der Waals surface area contributed by atoms with Crippen molar-refractivity contribution in [1.82, 2.24) is 10.2 Å². The molecule has 1 atom stereocenters. The summed E-state index contributed by atoms with van der Waals surface area (Å²) in [5.74, 6) is 0.321. The summed E-state index contributed by atoms with van der Waals surface area (Å²) in [6, 6.07) is -0.0610. The van der Waals surface area contributed by atoms with Crippen LogP contribution in [-0.2, 0) is 0 Å². The van der Waals surface area contributed by atoms with E-state index in [1.807, 2.05) is 13.8 Å². The third kappa shape index (κ3) is 3.18. The summed E-state index contributed by atoms with van der Waals surface area (Å²) >= 11 is 0. The number of rotatable bonds is 4. The molecular weight excluding hydrogens is 178 g/mol. The van der Waals surface area contributed by atoms with Crippen LogP contribution in [0.25, 0.3) is 0 Å². The molecule has 0 aliphatic carbocycles. The Morgan fingerprint density at radius 3 is 2.36 bits per heavy atom. The molecule has 14 heavy (non-hydrogen) atoms. The Balaban J connectivity index is 4.39. The van der Waals surface area contributed by atoms with Gasteiger partial charge >= 0.3 is 6.03 Å². The summed E-state index contributed by atoms with van der Waals surface area (Å²) in [7, 11) is 1.77. The van der Waals surface area contributed by atoms with Gasteiger partial charge in [-0.3, -0.25) is 0 Å². The lowest BCUT2D eigenvalue weighted by molar-refractivity contribution is 0.186. The van der Waals surface area contributed by atoms with Gasteiger partial charge in [0.2, 0.25) is 0 Å². The highest BCUT2D eigenvalue weighted by Gasteiger charge is 2.29. The number of carbonyl (C=O) groups is 1. The van der Waals surface area contributed by atoms with Crippen LogP contribution < -0.4 is 11.1 Å². The number of carbonyl (C=O) groups excluding carboxylic acids is 1. The van der Waals surface area contributed by atoms with E-state index in [4.69, 9.17) is 5.73 Å². The number of amides is 2. The summed E-state index contributed by atoms with van der Waals surface area (Å²) in [4.78, 5) is 13.2. The molecule has 4 heteroatoms. The highest BCUT2D eigenvalue weighted by atomic mass is 16.2. The maximum atomic E-state index is 11.6. The zero-order valence-corrected chi connectivity index (χ0v) is 9.92. The SMILES string of the molecule is CCN(C)C(=O)NC(C)(CN)C(C)C. The van der Waals surface area contributed by atoms with E-state index >= 15 is 0 Å². The zero-order chi connectivity index (χ0) is 11.4. The molecule has 0 fully saturated rings. The molecule has 0 aromatic heterocycles. The van der Waals surface area contributed by atoms with Gasteiger partial charge in [-0.25, -0.2) is 4.79 Å². The first-order valence-electron chi connectivity index (χ1n) is 5.10. The summed E-state index contributed by atoms with van der Waals surface area (Å²) in [6.07, 6.45) is 0. The van der Waals surface area contributed by atoms with E-state index in [0.29, 0.717) is 19.0 Å². The van der Waals surface area contributed by atoms with E-state index in [1.165, 1.54) is 0 Å². The summed E-state index contributed by atoms with van der Waals surface area (Å²) in [5, 5.41) is 2.96. The van der Waals surface area contributed by atoms with Crippen molar-refractivity contribution in [1.29, 1.82) is 0 Å². The van der Waals surface area contributed by atoms with Gasteiger partial charge < -0.3 is 16.0 Å². The van der Waals surface area contributed by atoms with Crippen molar-refractivity contribution in [2.45, 2.75) is 33.2 Å². The van der Waals surface area contributed by atoms with Crippen LogP contribution >= 0.6 is 0 Å². The fourth-order valence-corrected chi connectivity index (χ4v) is 0.914. The standard InChI is InChI=1S/C10H23N3O/c1-6-13(5)9(14)12-10(4,7-11)8(2)3/h8H,6-7,11H2,1-5H3,(H,12,14). The van der Waals surface area contributed by atoms with Crippen LogP contribution in [0.4, 0.5) is 4.79 Å². The normalized spacial score (nSPS) is 15.1. The van der Waals surface area contributed by atoms with Gasteiger partial charge in [-0.15, -0.1) is 0 Å². The van der Waals surface area contributed by atoms with E-state index in [2.05, 4.69) is 19.2 Å². The number of hydrogen-bond donors (Lipinski definition) is 2. The second kappa shape index (κ2) is 5.20. The maximum Gasteiger partial charge on any atom is 0.317 e. The molecule has 0 spiro atoms. The highest BCUT2D eigenvalue weighted by Crippen LogP contribution is 2.14. The van der Waals surface area contributed by atoms with E-state index in [0.717, 1.165) is 0 Å². The Bertz CT molecular complexity index is 194. The Morgan fingerprint density at radius 2 is 2.07 bits per heavy atom. The van der Waals surface area contributed by atoms with Crippen LogP contribution in [0.15, 0.2) is 0 Å². The molecule has 0 aromatic rings. The predicted molar refractivity (Wildman–Crippen MR) is 59.1 cm³/mol. The van der Waals surface area contributed by atoms with Crippen molar-refractivity contribution >= 4 is 6.03 Å². The molecular formula is C10H23N3O. The van der Waals surface area contributed by atoms with E-state index < -0.39 is 0 Å².